The predicted molar refractivity (Wildman–Crippen MR) is 362 cm³/mol. The summed E-state index contributed by atoms with van der Waals surface area (Å²) in [4.78, 5) is 5.14. The zero-order chi connectivity index (χ0) is 54.7. The van der Waals surface area contributed by atoms with Gasteiger partial charge in [0.05, 0.1) is 55.8 Å². The summed E-state index contributed by atoms with van der Waals surface area (Å²) in [5.74, 6) is 0. The first kappa shape index (κ1) is 46.1. The van der Waals surface area contributed by atoms with Crippen LogP contribution in [0.2, 0.25) is 0 Å². The lowest BCUT2D eigenvalue weighted by molar-refractivity contribution is 1.32. The van der Waals surface area contributed by atoms with Crippen LogP contribution in [0.1, 0.15) is 0 Å². The van der Waals surface area contributed by atoms with Crippen molar-refractivity contribution < 1.29 is 0 Å². The van der Waals surface area contributed by atoms with Crippen LogP contribution >= 0.6 is 22.7 Å². The maximum Gasteiger partial charge on any atom is 0.0641 e. The summed E-state index contributed by atoms with van der Waals surface area (Å²) in [5.41, 5.74) is 18.9. The number of para-hydroxylation sites is 4. The molecule has 0 atom stereocenters. The fraction of sp³-hybridized carbons (Fsp3) is 0. The Morgan fingerprint density at radius 3 is 1.05 bits per heavy atom. The fourth-order valence-corrected chi connectivity index (χ4v) is 16.8. The lowest BCUT2D eigenvalue weighted by Gasteiger charge is -2.30. The maximum absolute atomic E-state index is 2.58. The van der Waals surface area contributed by atoms with E-state index in [1.807, 2.05) is 22.7 Å². The molecule has 0 aliphatic heterocycles. The van der Waals surface area contributed by atoms with Crippen molar-refractivity contribution in [2.24, 2.45) is 0 Å². The Morgan fingerprint density at radius 2 is 0.619 bits per heavy atom. The number of rotatable bonds is 8. The molecule has 4 nitrogen and oxygen atoms in total. The van der Waals surface area contributed by atoms with Gasteiger partial charge in [0.1, 0.15) is 0 Å². The maximum atomic E-state index is 2.58. The van der Waals surface area contributed by atoms with Crippen LogP contribution in [0.5, 0.6) is 0 Å². The second-order valence-corrected chi connectivity index (χ2v) is 24.4. The van der Waals surface area contributed by atoms with Crippen molar-refractivity contribution in [3.63, 3.8) is 0 Å². The van der Waals surface area contributed by atoms with Crippen LogP contribution < -0.4 is 9.80 Å². The quantitative estimate of drug-likeness (QED) is 0.151. The lowest BCUT2D eigenvalue weighted by Crippen LogP contribution is -2.12. The number of benzene rings is 13. The standard InChI is InChI=1S/C78H46N4S2/c1-5-21-47(22-6-1)51-39-43-69-73(57-31-15-19-35-67(57)83-69)75(51)79(49-25-9-3-10-26-49)63-41-37-53-59-45-66-60(46-65(59)81-61-33-17-13-29-55(61)71(63)77(53)81)54-38-42-64(72-56-30-14-18-34-62(56)82(66)78(54)72)80(50-27-11-4-12-28-50)76-52(48-23-7-2-8-24-48)40-44-70-74(76)58-32-16-20-36-68(58)84-70/h1-46H. The normalized spacial score (nSPS) is 12.3. The van der Waals surface area contributed by atoms with E-state index >= 15 is 0 Å². The second-order valence-electron chi connectivity index (χ2n) is 22.2. The predicted octanol–water partition coefficient (Wildman–Crippen LogP) is 23.0. The third-order valence-corrected chi connectivity index (χ3v) is 20.2. The third kappa shape index (κ3) is 6.30. The zero-order valence-electron chi connectivity index (χ0n) is 45.2. The Morgan fingerprint density at radius 1 is 0.250 bits per heavy atom. The Balaban J connectivity index is 0.904. The van der Waals surface area contributed by atoms with Gasteiger partial charge in [0.25, 0.3) is 0 Å². The number of anilines is 6. The van der Waals surface area contributed by atoms with Gasteiger partial charge in [-0.3, -0.25) is 0 Å². The number of hydrogen-bond donors (Lipinski definition) is 0. The molecule has 6 heterocycles. The molecule has 19 aromatic rings. The molecule has 390 valence electrons. The summed E-state index contributed by atoms with van der Waals surface area (Å²) in [6, 6.07) is 104. The zero-order valence-corrected chi connectivity index (χ0v) is 46.8. The summed E-state index contributed by atoms with van der Waals surface area (Å²) >= 11 is 3.74. The van der Waals surface area contributed by atoms with Crippen LogP contribution in [0.4, 0.5) is 34.1 Å². The largest absolute Gasteiger partial charge is 0.308 e. The third-order valence-electron chi connectivity index (χ3n) is 17.9. The van der Waals surface area contributed by atoms with Gasteiger partial charge in [0.15, 0.2) is 0 Å². The van der Waals surface area contributed by atoms with E-state index in [1.54, 1.807) is 0 Å². The summed E-state index contributed by atoms with van der Waals surface area (Å²) in [5, 5.41) is 15.0. The smallest absolute Gasteiger partial charge is 0.0641 e. The molecule has 19 rings (SSSR count). The van der Waals surface area contributed by atoms with Crippen molar-refractivity contribution in [2.75, 3.05) is 9.80 Å². The van der Waals surface area contributed by atoms with Crippen molar-refractivity contribution in [2.45, 2.75) is 0 Å². The van der Waals surface area contributed by atoms with Crippen LogP contribution in [0, 0.1) is 0 Å². The molecule has 0 saturated carbocycles. The van der Waals surface area contributed by atoms with E-state index in [-0.39, 0.29) is 0 Å². The van der Waals surface area contributed by atoms with Gasteiger partial charge in [-0.05, 0) is 96.1 Å². The van der Waals surface area contributed by atoms with E-state index < -0.39 is 0 Å². The van der Waals surface area contributed by atoms with Crippen molar-refractivity contribution in [1.29, 1.82) is 0 Å². The molecule has 84 heavy (non-hydrogen) atoms. The summed E-state index contributed by atoms with van der Waals surface area (Å²) in [6.45, 7) is 0. The van der Waals surface area contributed by atoms with Crippen LogP contribution in [-0.4, -0.2) is 8.80 Å². The molecule has 0 N–H and O–H groups in total. The Hall–Kier alpha value is -10.5. The highest BCUT2D eigenvalue weighted by atomic mass is 32.1. The molecule has 0 radical (unpaired) electrons. The first-order valence-corrected chi connectivity index (χ1v) is 30.4. The molecule has 0 spiro atoms. The van der Waals surface area contributed by atoms with Gasteiger partial charge >= 0.3 is 0 Å². The average molecular weight is 1100 g/mol. The highest BCUT2D eigenvalue weighted by molar-refractivity contribution is 7.26. The minimum Gasteiger partial charge on any atom is -0.308 e. The van der Waals surface area contributed by atoms with E-state index in [9.17, 15) is 0 Å². The van der Waals surface area contributed by atoms with E-state index in [4.69, 9.17) is 0 Å². The van der Waals surface area contributed by atoms with Gasteiger partial charge in [0.2, 0.25) is 0 Å². The van der Waals surface area contributed by atoms with Crippen LogP contribution in [0.3, 0.4) is 0 Å². The molecule has 6 aromatic heterocycles. The number of fused-ring (bicyclic) bond motifs is 18. The molecule has 0 aliphatic carbocycles. The van der Waals surface area contributed by atoms with Gasteiger partial charge in [-0.2, -0.15) is 0 Å². The number of aromatic nitrogens is 2. The molecule has 13 aromatic carbocycles. The molecule has 0 amide bonds. The monoisotopic (exact) mass is 1100 g/mol. The minimum absolute atomic E-state index is 1.11. The van der Waals surface area contributed by atoms with E-state index in [0.717, 1.165) is 22.7 Å². The molecular formula is C78H46N4S2. The summed E-state index contributed by atoms with van der Waals surface area (Å²) < 4.78 is 10.3. The molecular weight excluding hydrogens is 1060 g/mol. The summed E-state index contributed by atoms with van der Waals surface area (Å²) in [6.07, 6.45) is 0. The van der Waals surface area contributed by atoms with Crippen molar-refractivity contribution in [1.82, 2.24) is 8.80 Å². The molecule has 0 aliphatic rings. The number of thiophene rings is 2. The summed E-state index contributed by atoms with van der Waals surface area (Å²) in [7, 11) is 0. The highest BCUT2D eigenvalue weighted by Crippen LogP contribution is 2.56. The molecule has 6 heteroatoms. The van der Waals surface area contributed by atoms with E-state index in [2.05, 4.69) is 298 Å². The van der Waals surface area contributed by atoms with E-state index in [0.29, 0.717) is 0 Å². The minimum atomic E-state index is 1.11. The first-order chi connectivity index (χ1) is 41.7. The fourth-order valence-electron chi connectivity index (χ4n) is 14.5. The van der Waals surface area contributed by atoms with E-state index in [1.165, 1.54) is 150 Å². The van der Waals surface area contributed by atoms with Gasteiger partial charge in [-0.15, -0.1) is 22.7 Å². The molecule has 0 fully saturated rings. The van der Waals surface area contributed by atoms with Crippen LogP contribution in [0.15, 0.2) is 279 Å². The number of nitrogens with zero attached hydrogens (tertiary/aromatic N) is 4. The lowest BCUT2D eigenvalue weighted by atomic mass is 9.96. The molecule has 0 saturated heterocycles. The van der Waals surface area contributed by atoms with Crippen LogP contribution in [0.25, 0.3) is 139 Å². The van der Waals surface area contributed by atoms with Crippen molar-refractivity contribution in [3.05, 3.63) is 279 Å². The number of hydrogen-bond acceptors (Lipinski definition) is 4. The average Bonchev–Trinajstić information content (AvgIpc) is 1.73. The van der Waals surface area contributed by atoms with Gasteiger partial charge in [0, 0.05) is 106 Å². The van der Waals surface area contributed by atoms with Crippen molar-refractivity contribution >= 4 is 173 Å². The molecule has 0 bridgehead atoms. The SMILES string of the molecule is c1ccc(-c2ccc3sc4ccccc4c3c2N(c2ccccc2)c2ccc3c4cc5c(cc4n4c6ccccc6c2c34)c2ccc(N(c3ccccc3)c3c(-c4ccccc4)ccc4sc6ccccc6c34)c3c4ccccc4n5c23)cc1. The Bertz CT molecular complexity index is 5490. The van der Waals surface area contributed by atoms with Crippen LogP contribution in [-0.2, 0) is 0 Å². The Labute approximate surface area is 490 Å². The van der Waals surface area contributed by atoms with Gasteiger partial charge in [-0.25, -0.2) is 0 Å². The highest BCUT2D eigenvalue weighted by Gasteiger charge is 2.31. The molecule has 0 unspecified atom stereocenters. The first-order valence-electron chi connectivity index (χ1n) is 28.7. The Kier molecular flexibility index (Phi) is 9.62. The van der Waals surface area contributed by atoms with Crippen molar-refractivity contribution in [3.8, 4) is 22.3 Å². The topological polar surface area (TPSA) is 15.3 Å². The van der Waals surface area contributed by atoms with Gasteiger partial charge < -0.3 is 18.6 Å². The van der Waals surface area contributed by atoms with Gasteiger partial charge in [-0.1, -0.05) is 194 Å². The second kappa shape index (κ2) is 17.5.